The Morgan fingerprint density at radius 1 is 1.43 bits per heavy atom. The van der Waals surface area contributed by atoms with Gasteiger partial charge in [-0.25, -0.2) is 9.18 Å². The number of likely N-dealkylation sites (tertiary alicyclic amines) is 1. The van der Waals surface area contributed by atoms with Crippen LogP contribution in [0.5, 0.6) is 0 Å². The van der Waals surface area contributed by atoms with Gasteiger partial charge >= 0.3 is 12.0 Å². The van der Waals surface area contributed by atoms with Gasteiger partial charge < -0.3 is 15.4 Å². The molecule has 1 aliphatic heterocycles. The van der Waals surface area contributed by atoms with Crippen LogP contribution in [0.25, 0.3) is 0 Å². The van der Waals surface area contributed by atoms with Crippen molar-refractivity contribution in [2.24, 2.45) is 11.7 Å². The normalized spacial score (nSPS) is 17.8. The summed E-state index contributed by atoms with van der Waals surface area (Å²) in [6.07, 6.45) is 2.30. The summed E-state index contributed by atoms with van der Waals surface area (Å²) in [5.74, 6) is -1.03. The molecule has 2 amide bonds. The van der Waals surface area contributed by atoms with E-state index in [2.05, 4.69) is 0 Å². The fourth-order valence-corrected chi connectivity index (χ4v) is 2.94. The van der Waals surface area contributed by atoms with Crippen LogP contribution >= 0.6 is 11.6 Å². The molecule has 0 aromatic heterocycles. The highest BCUT2D eigenvalue weighted by Gasteiger charge is 2.28. The van der Waals surface area contributed by atoms with Crippen molar-refractivity contribution in [3.8, 4) is 0 Å². The molecule has 7 heteroatoms. The van der Waals surface area contributed by atoms with Crippen LogP contribution < -0.4 is 5.73 Å². The highest BCUT2D eigenvalue weighted by atomic mass is 35.5. The van der Waals surface area contributed by atoms with Crippen LogP contribution in [0, 0.1) is 11.7 Å². The zero-order chi connectivity index (χ0) is 16.8. The lowest BCUT2D eigenvalue weighted by atomic mass is 9.98. The Morgan fingerprint density at radius 2 is 2.22 bits per heavy atom. The third-order valence-corrected chi connectivity index (χ3v) is 4.30. The van der Waals surface area contributed by atoms with E-state index in [1.165, 1.54) is 11.0 Å². The zero-order valence-electron chi connectivity index (χ0n) is 12.8. The van der Waals surface area contributed by atoms with E-state index in [1.54, 1.807) is 12.1 Å². The number of nitrogens with two attached hydrogens (primary N) is 1. The molecule has 0 spiro atoms. The van der Waals surface area contributed by atoms with Crippen molar-refractivity contribution in [3.05, 3.63) is 34.6 Å². The van der Waals surface area contributed by atoms with Gasteiger partial charge in [0.15, 0.2) is 0 Å². The second-order valence-corrected chi connectivity index (χ2v) is 6.00. The van der Waals surface area contributed by atoms with E-state index < -0.39 is 6.03 Å². The zero-order valence-corrected chi connectivity index (χ0v) is 13.5. The number of esters is 1. The first-order valence-electron chi connectivity index (χ1n) is 7.63. The smallest absolute Gasteiger partial charge is 0.314 e. The van der Waals surface area contributed by atoms with Gasteiger partial charge in [-0.3, -0.25) is 4.79 Å². The summed E-state index contributed by atoms with van der Waals surface area (Å²) in [4.78, 5) is 24.6. The average molecular weight is 343 g/mol. The number of ether oxygens (including phenoxy) is 1. The van der Waals surface area contributed by atoms with Gasteiger partial charge in [0.25, 0.3) is 0 Å². The maximum Gasteiger partial charge on any atom is 0.314 e. The van der Waals surface area contributed by atoms with Gasteiger partial charge in [-0.1, -0.05) is 17.7 Å². The Labute approximate surface area is 139 Å². The Hall–Kier alpha value is -1.82. The topological polar surface area (TPSA) is 72.6 Å². The number of halogens is 2. The number of piperidine rings is 1. The molecule has 1 saturated heterocycles. The van der Waals surface area contributed by atoms with Crippen LogP contribution in [-0.2, 0) is 16.0 Å². The van der Waals surface area contributed by atoms with Crippen molar-refractivity contribution in [3.63, 3.8) is 0 Å². The molecule has 0 radical (unpaired) electrons. The number of hydrogen-bond acceptors (Lipinski definition) is 3. The van der Waals surface area contributed by atoms with E-state index in [1.807, 2.05) is 0 Å². The molecular weight excluding hydrogens is 323 g/mol. The summed E-state index contributed by atoms with van der Waals surface area (Å²) in [5.41, 5.74) is 5.66. The maximum absolute atomic E-state index is 13.6. The van der Waals surface area contributed by atoms with Gasteiger partial charge in [0, 0.05) is 23.7 Å². The number of carbonyl (C=O) groups is 2. The summed E-state index contributed by atoms with van der Waals surface area (Å²) < 4.78 is 18.8. The minimum absolute atomic E-state index is 0.191. The average Bonchev–Trinajstić information content (AvgIpc) is 2.53. The summed E-state index contributed by atoms with van der Waals surface area (Å²) in [6, 6.07) is 4.02. The van der Waals surface area contributed by atoms with Crippen molar-refractivity contribution in [1.29, 1.82) is 0 Å². The van der Waals surface area contributed by atoms with E-state index in [-0.39, 0.29) is 24.3 Å². The highest BCUT2D eigenvalue weighted by molar-refractivity contribution is 6.31. The third kappa shape index (κ3) is 4.82. The quantitative estimate of drug-likeness (QED) is 0.660. The molecule has 1 aromatic rings. The van der Waals surface area contributed by atoms with E-state index in [0.29, 0.717) is 42.9 Å². The van der Waals surface area contributed by atoms with Crippen LogP contribution in [0.1, 0.15) is 24.8 Å². The molecule has 126 valence electrons. The Balaban J connectivity index is 1.76. The van der Waals surface area contributed by atoms with Crippen LogP contribution in [0.2, 0.25) is 5.02 Å². The van der Waals surface area contributed by atoms with Crippen LogP contribution in [0.15, 0.2) is 18.2 Å². The first-order valence-corrected chi connectivity index (χ1v) is 8.00. The largest absolute Gasteiger partial charge is 0.465 e. The summed E-state index contributed by atoms with van der Waals surface area (Å²) in [6.45, 7) is 1.06. The van der Waals surface area contributed by atoms with Gasteiger partial charge in [0.05, 0.1) is 12.5 Å². The molecule has 2 rings (SSSR count). The Kier molecular flexibility index (Phi) is 6.21. The fourth-order valence-electron chi connectivity index (χ4n) is 2.68. The van der Waals surface area contributed by atoms with E-state index in [9.17, 15) is 14.0 Å². The van der Waals surface area contributed by atoms with E-state index in [4.69, 9.17) is 22.1 Å². The fraction of sp³-hybridized carbons (Fsp3) is 0.500. The molecule has 0 bridgehead atoms. The summed E-state index contributed by atoms with van der Waals surface area (Å²) in [5, 5.41) is 0.376. The number of rotatable bonds is 5. The Morgan fingerprint density at radius 3 is 2.91 bits per heavy atom. The number of amides is 2. The van der Waals surface area contributed by atoms with Gasteiger partial charge in [-0.15, -0.1) is 0 Å². The lowest BCUT2D eigenvalue weighted by molar-refractivity contribution is -0.150. The highest BCUT2D eigenvalue weighted by Crippen LogP contribution is 2.21. The van der Waals surface area contributed by atoms with Gasteiger partial charge in [-0.2, -0.15) is 0 Å². The molecule has 1 aliphatic rings. The second-order valence-electron chi connectivity index (χ2n) is 5.59. The minimum Gasteiger partial charge on any atom is -0.465 e. The van der Waals surface area contributed by atoms with Crippen LogP contribution in [-0.4, -0.2) is 36.6 Å². The molecule has 1 fully saturated rings. The van der Waals surface area contributed by atoms with Crippen molar-refractivity contribution in [1.82, 2.24) is 4.90 Å². The molecule has 1 unspecified atom stereocenters. The van der Waals surface area contributed by atoms with Crippen molar-refractivity contribution in [2.75, 3.05) is 19.7 Å². The van der Waals surface area contributed by atoms with Crippen molar-refractivity contribution < 1.29 is 18.7 Å². The third-order valence-electron chi connectivity index (χ3n) is 3.94. The van der Waals surface area contributed by atoms with Gasteiger partial charge in [0.1, 0.15) is 5.82 Å². The summed E-state index contributed by atoms with van der Waals surface area (Å²) >= 11 is 5.94. The molecule has 1 heterocycles. The minimum atomic E-state index is -0.517. The van der Waals surface area contributed by atoms with Crippen molar-refractivity contribution in [2.45, 2.75) is 25.7 Å². The molecule has 1 atom stereocenters. The first kappa shape index (κ1) is 17.5. The molecule has 1 aromatic carbocycles. The molecule has 2 N–H and O–H groups in total. The van der Waals surface area contributed by atoms with Gasteiger partial charge in [0.2, 0.25) is 0 Å². The van der Waals surface area contributed by atoms with Crippen LogP contribution in [0.4, 0.5) is 9.18 Å². The molecule has 23 heavy (non-hydrogen) atoms. The molecule has 0 aliphatic carbocycles. The predicted octanol–water partition coefficient (Wildman–Crippen LogP) is 2.75. The number of nitrogens with zero attached hydrogens (tertiary/aromatic N) is 1. The molecule has 0 saturated carbocycles. The number of primary amides is 1. The summed E-state index contributed by atoms with van der Waals surface area (Å²) in [7, 11) is 0. The van der Waals surface area contributed by atoms with Crippen LogP contribution in [0.3, 0.4) is 0 Å². The first-order chi connectivity index (χ1) is 11.0. The standard InChI is InChI=1S/C16H20ClFN2O3/c17-13-6-1-7-14(18)12(13)5-3-9-23-15(21)11-4-2-8-20(10-11)16(19)22/h1,6-7,11H,2-5,8-10H2,(H2,19,22). The van der Waals surface area contributed by atoms with Gasteiger partial charge in [-0.05, 0) is 37.8 Å². The number of carbonyl (C=O) groups excluding carboxylic acids is 2. The van der Waals surface area contributed by atoms with E-state index in [0.717, 1.165) is 6.42 Å². The predicted molar refractivity (Wildman–Crippen MR) is 84.6 cm³/mol. The van der Waals surface area contributed by atoms with E-state index >= 15 is 0 Å². The maximum atomic E-state index is 13.6. The second kappa shape index (κ2) is 8.15. The number of urea groups is 1. The lowest BCUT2D eigenvalue weighted by Crippen LogP contribution is -2.45. The van der Waals surface area contributed by atoms with Crippen molar-refractivity contribution >= 4 is 23.6 Å². The Bertz CT molecular complexity index is 562. The number of hydrogen-bond donors (Lipinski definition) is 1. The lowest BCUT2D eigenvalue weighted by Gasteiger charge is -2.30. The molecular formula is C16H20ClFN2O3. The monoisotopic (exact) mass is 342 g/mol. The number of benzene rings is 1. The SMILES string of the molecule is NC(=O)N1CCCC(C(=O)OCCCc2c(F)cccc2Cl)C1. The molecule has 5 nitrogen and oxygen atoms in total.